The van der Waals surface area contributed by atoms with E-state index in [1.807, 2.05) is 12.3 Å². The van der Waals surface area contributed by atoms with Crippen molar-refractivity contribution in [1.82, 2.24) is 14.9 Å². The molecule has 1 N–H and O–H groups in total. The van der Waals surface area contributed by atoms with Crippen LogP contribution < -0.4 is 4.72 Å². The predicted molar refractivity (Wildman–Crippen MR) is 71.4 cm³/mol. The van der Waals surface area contributed by atoms with Gasteiger partial charge in [0.1, 0.15) is 15.6 Å². The second-order valence-electron chi connectivity index (χ2n) is 4.11. The molecule has 0 radical (unpaired) electrons. The minimum absolute atomic E-state index is 0.113. The van der Waals surface area contributed by atoms with Crippen LogP contribution in [0.25, 0.3) is 0 Å². The number of aromatic nitrogens is 2. The summed E-state index contributed by atoms with van der Waals surface area (Å²) in [7, 11) is -3.66. The third-order valence-corrected chi connectivity index (χ3v) is 5.30. The first-order chi connectivity index (χ1) is 8.95. The third-order valence-electron chi connectivity index (χ3n) is 2.69. The molecule has 0 saturated heterocycles. The number of rotatable bonds is 5. The standard InChI is InChI=1S/C11H15N3O3S2/c1-4-9(11-12-5-6-18-11)14-19(15,16)10-7(2)13-17-8(10)3/h5-6,9,14H,4H2,1-3H3. The molecule has 1 unspecified atom stereocenters. The number of hydrogen-bond donors (Lipinski definition) is 1. The molecule has 0 fully saturated rings. The van der Waals surface area contributed by atoms with E-state index >= 15 is 0 Å². The van der Waals surface area contributed by atoms with Crippen LogP contribution >= 0.6 is 11.3 Å². The number of nitrogens with zero attached hydrogens (tertiary/aromatic N) is 2. The average molecular weight is 301 g/mol. The fourth-order valence-corrected chi connectivity index (χ4v) is 4.28. The molecule has 8 heteroatoms. The molecule has 19 heavy (non-hydrogen) atoms. The number of hydrogen-bond acceptors (Lipinski definition) is 6. The summed E-state index contributed by atoms with van der Waals surface area (Å²) >= 11 is 1.42. The van der Waals surface area contributed by atoms with Crippen molar-refractivity contribution >= 4 is 21.4 Å². The van der Waals surface area contributed by atoms with Crippen LogP contribution in [-0.4, -0.2) is 18.6 Å². The molecule has 0 bridgehead atoms. The van der Waals surface area contributed by atoms with E-state index in [0.29, 0.717) is 17.9 Å². The maximum atomic E-state index is 12.4. The van der Waals surface area contributed by atoms with Gasteiger partial charge in [-0.2, -0.15) is 0 Å². The van der Waals surface area contributed by atoms with E-state index < -0.39 is 10.0 Å². The summed E-state index contributed by atoms with van der Waals surface area (Å²) in [5.41, 5.74) is 0.360. The monoisotopic (exact) mass is 301 g/mol. The van der Waals surface area contributed by atoms with Crippen LogP contribution in [0.4, 0.5) is 0 Å². The van der Waals surface area contributed by atoms with Crippen LogP contribution in [0.5, 0.6) is 0 Å². The summed E-state index contributed by atoms with van der Waals surface area (Å²) in [5, 5.41) is 6.24. The van der Waals surface area contributed by atoms with E-state index in [2.05, 4.69) is 14.9 Å². The molecule has 2 aromatic rings. The van der Waals surface area contributed by atoms with Gasteiger partial charge in [-0.1, -0.05) is 12.1 Å². The normalized spacial score (nSPS) is 13.6. The lowest BCUT2D eigenvalue weighted by Crippen LogP contribution is -2.29. The first kappa shape index (κ1) is 14.2. The van der Waals surface area contributed by atoms with Gasteiger partial charge < -0.3 is 4.52 Å². The highest BCUT2D eigenvalue weighted by molar-refractivity contribution is 7.89. The summed E-state index contributed by atoms with van der Waals surface area (Å²) in [6.07, 6.45) is 2.28. The van der Waals surface area contributed by atoms with Crippen LogP contribution in [0.2, 0.25) is 0 Å². The van der Waals surface area contributed by atoms with Gasteiger partial charge in [0.2, 0.25) is 10.0 Å². The van der Waals surface area contributed by atoms with E-state index in [1.165, 1.54) is 11.3 Å². The van der Waals surface area contributed by atoms with Crippen LogP contribution in [0.1, 0.15) is 35.8 Å². The minimum atomic E-state index is -3.66. The Bertz CT molecular complexity index is 627. The summed E-state index contributed by atoms with van der Waals surface area (Å²) in [6.45, 7) is 5.09. The minimum Gasteiger partial charge on any atom is -0.360 e. The van der Waals surface area contributed by atoms with Crippen molar-refractivity contribution in [2.45, 2.75) is 38.1 Å². The Labute approximate surface area is 115 Å². The molecular formula is C11H15N3O3S2. The van der Waals surface area contributed by atoms with Gasteiger partial charge in [0.15, 0.2) is 5.76 Å². The number of aryl methyl sites for hydroxylation is 2. The molecular weight excluding hydrogens is 286 g/mol. The molecule has 2 rings (SSSR count). The van der Waals surface area contributed by atoms with E-state index in [0.717, 1.165) is 5.01 Å². The number of nitrogens with one attached hydrogen (secondary N) is 1. The smallest absolute Gasteiger partial charge is 0.246 e. The van der Waals surface area contributed by atoms with Crippen LogP contribution in [-0.2, 0) is 10.0 Å². The van der Waals surface area contributed by atoms with Gasteiger partial charge in [-0.3, -0.25) is 0 Å². The Morgan fingerprint density at radius 1 is 1.47 bits per heavy atom. The van der Waals surface area contributed by atoms with Crippen molar-refractivity contribution < 1.29 is 12.9 Å². The lowest BCUT2D eigenvalue weighted by molar-refractivity contribution is 0.390. The largest absolute Gasteiger partial charge is 0.360 e. The summed E-state index contributed by atoms with van der Waals surface area (Å²) < 4.78 is 32.3. The van der Waals surface area contributed by atoms with Crippen molar-refractivity contribution in [3.05, 3.63) is 28.0 Å². The van der Waals surface area contributed by atoms with Crippen LogP contribution in [0.15, 0.2) is 21.0 Å². The predicted octanol–water partition coefficient (Wildman–Crippen LogP) is 2.18. The third kappa shape index (κ3) is 2.85. The summed E-state index contributed by atoms with van der Waals surface area (Å²) in [5.74, 6) is 0.291. The quantitative estimate of drug-likeness (QED) is 0.915. The maximum Gasteiger partial charge on any atom is 0.246 e. The molecule has 0 aliphatic rings. The fraction of sp³-hybridized carbons (Fsp3) is 0.455. The molecule has 104 valence electrons. The SMILES string of the molecule is CCC(NS(=O)(=O)c1c(C)noc1C)c1nccs1. The Kier molecular flexibility index (Phi) is 4.02. The highest BCUT2D eigenvalue weighted by atomic mass is 32.2. The maximum absolute atomic E-state index is 12.4. The second-order valence-corrected chi connectivity index (χ2v) is 6.68. The Hall–Kier alpha value is -1.25. The zero-order chi connectivity index (χ0) is 14.0. The molecule has 2 heterocycles. The van der Waals surface area contributed by atoms with Crippen molar-refractivity contribution in [3.63, 3.8) is 0 Å². The first-order valence-electron chi connectivity index (χ1n) is 5.80. The fourth-order valence-electron chi connectivity index (χ4n) is 1.82. The van der Waals surface area contributed by atoms with Gasteiger partial charge in [-0.25, -0.2) is 18.1 Å². The number of thiazole rings is 1. The second kappa shape index (κ2) is 5.40. The lowest BCUT2D eigenvalue weighted by atomic mass is 10.3. The van der Waals surface area contributed by atoms with Gasteiger partial charge in [0, 0.05) is 11.6 Å². The lowest BCUT2D eigenvalue weighted by Gasteiger charge is -2.14. The Morgan fingerprint density at radius 3 is 2.68 bits per heavy atom. The molecule has 0 aliphatic heterocycles. The molecule has 0 saturated carbocycles. The molecule has 1 atom stereocenters. The zero-order valence-electron chi connectivity index (χ0n) is 10.9. The topological polar surface area (TPSA) is 85.1 Å². The molecule has 6 nitrogen and oxygen atoms in total. The highest BCUT2D eigenvalue weighted by Gasteiger charge is 2.27. The van der Waals surface area contributed by atoms with E-state index in [9.17, 15) is 8.42 Å². The highest BCUT2D eigenvalue weighted by Crippen LogP contribution is 2.24. The molecule has 2 aromatic heterocycles. The first-order valence-corrected chi connectivity index (χ1v) is 8.16. The summed E-state index contributed by atoms with van der Waals surface area (Å²) in [4.78, 5) is 4.26. The van der Waals surface area contributed by atoms with Crippen LogP contribution in [0, 0.1) is 13.8 Å². The van der Waals surface area contributed by atoms with Crippen molar-refractivity contribution in [1.29, 1.82) is 0 Å². The molecule has 0 aliphatic carbocycles. The molecule has 0 aromatic carbocycles. The van der Waals surface area contributed by atoms with E-state index in [1.54, 1.807) is 20.0 Å². The van der Waals surface area contributed by atoms with Crippen molar-refractivity contribution in [2.24, 2.45) is 0 Å². The van der Waals surface area contributed by atoms with Gasteiger partial charge in [-0.15, -0.1) is 11.3 Å². The summed E-state index contributed by atoms with van der Waals surface area (Å²) in [6, 6.07) is -0.335. The average Bonchev–Trinajstić information content (AvgIpc) is 2.96. The van der Waals surface area contributed by atoms with Crippen molar-refractivity contribution in [2.75, 3.05) is 0 Å². The Morgan fingerprint density at radius 2 is 2.21 bits per heavy atom. The van der Waals surface area contributed by atoms with Gasteiger partial charge >= 0.3 is 0 Å². The van der Waals surface area contributed by atoms with Gasteiger partial charge in [0.05, 0.1) is 6.04 Å². The number of sulfonamides is 1. The Balaban J connectivity index is 2.31. The van der Waals surface area contributed by atoms with Crippen LogP contribution in [0.3, 0.4) is 0 Å². The van der Waals surface area contributed by atoms with Gasteiger partial charge in [0.25, 0.3) is 0 Å². The van der Waals surface area contributed by atoms with E-state index in [-0.39, 0.29) is 10.9 Å². The molecule has 0 spiro atoms. The van der Waals surface area contributed by atoms with Gasteiger partial charge in [-0.05, 0) is 20.3 Å². The van der Waals surface area contributed by atoms with Crippen molar-refractivity contribution in [3.8, 4) is 0 Å². The zero-order valence-corrected chi connectivity index (χ0v) is 12.5. The molecule has 0 amide bonds. The van der Waals surface area contributed by atoms with E-state index in [4.69, 9.17) is 4.52 Å².